The van der Waals surface area contributed by atoms with Gasteiger partial charge in [-0.05, 0) is 18.1 Å². The number of hydrogen-bond acceptors (Lipinski definition) is 3. The van der Waals surface area contributed by atoms with Crippen molar-refractivity contribution in [2.75, 3.05) is 0 Å². The molecule has 0 bridgehead atoms. The Labute approximate surface area is 98.4 Å². The predicted molar refractivity (Wildman–Crippen MR) is 59.1 cm³/mol. The van der Waals surface area contributed by atoms with Crippen molar-refractivity contribution in [1.82, 2.24) is 5.06 Å². The number of aryl methyl sites for hydroxylation is 1. The summed E-state index contributed by atoms with van der Waals surface area (Å²) in [6, 6.07) is 7.03. The van der Waals surface area contributed by atoms with Crippen molar-refractivity contribution in [2.24, 2.45) is 0 Å². The van der Waals surface area contributed by atoms with E-state index in [2.05, 4.69) is 0 Å². The molecule has 1 rings (SSSR count). The summed E-state index contributed by atoms with van der Waals surface area (Å²) in [5.41, 5.74) is 1.40. The van der Waals surface area contributed by atoms with E-state index in [1.807, 2.05) is 6.07 Å². The molecule has 0 radical (unpaired) electrons. The van der Waals surface area contributed by atoms with Gasteiger partial charge in [0.1, 0.15) is 5.38 Å². The number of carbonyl (C=O) groups excluding carboxylic acids is 2. The van der Waals surface area contributed by atoms with E-state index in [1.54, 1.807) is 25.1 Å². The summed E-state index contributed by atoms with van der Waals surface area (Å²) in [6.45, 7) is 2.88. The first-order valence-corrected chi connectivity index (χ1v) is 5.11. The van der Waals surface area contributed by atoms with Crippen LogP contribution in [-0.2, 0) is 9.59 Å². The van der Waals surface area contributed by atoms with Gasteiger partial charge in [-0.15, -0.1) is 11.6 Å². The van der Waals surface area contributed by atoms with E-state index in [4.69, 9.17) is 16.8 Å². The van der Waals surface area contributed by atoms with Gasteiger partial charge in [-0.2, -0.15) is 5.06 Å². The largest absolute Gasteiger partial charge is 0.278 e. The summed E-state index contributed by atoms with van der Waals surface area (Å²) >= 11 is 5.90. The van der Waals surface area contributed by atoms with Crippen molar-refractivity contribution in [2.45, 2.75) is 19.2 Å². The van der Waals surface area contributed by atoms with Gasteiger partial charge in [0, 0.05) is 6.92 Å². The Morgan fingerprint density at radius 1 is 1.38 bits per heavy atom. The molecule has 4 nitrogen and oxygen atoms in total. The minimum Gasteiger partial charge on any atom is -0.278 e. The third-order valence-electron chi connectivity index (χ3n) is 2.19. The molecule has 0 heterocycles. The lowest BCUT2D eigenvalue weighted by molar-refractivity contribution is -0.177. The first-order chi connectivity index (χ1) is 7.45. The third kappa shape index (κ3) is 2.59. The van der Waals surface area contributed by atoms with E-state index in [0.717, 1.165) is 12.5 Å². The number of imide groups is 1. The zero-order valence-electron chi connectivity index (χ0n) is 8.98. The molecule has 16 heavy (non-hydrogen) atoms. The van der Waals surface area contributed by atoms with Crippen molar-refractivity contribution in [1.29, 1.82) is 0 Å². The monoisotopic (exact) mass is 241 g/mol. The second kappa shape index (κ2) is 5.09. The maximum absolute atomic E-state index is 11.6. The average molecular weight is 242 g/mol. The molecular weight excluding hydrogens is 230 g/mol. The summed E-state index contributed by atoms with van der Waals surface area (Å²) in [6.07, 6.45) is 0. The standard InChI is InChI=1S/C11H12ClNO3/c1-7-5-3-4-6-9(7)10(12)11(15)13(16)8(2)14/h3-6,10,16H,1-2H3. The van der Waals surface area contributed by atoms with Gasteiger partial charge >= 0.3 is 0 Å². The van der Waals surface area contributed by atoms with Crippen LogP contribution < -0.4 is 0 Å². The van der Waals surface area contributed by atoms with Gasteiger partial charge in [0.2, 0.25) is 5.91 Å². The van der Waals surface area contributed by atoms with E-state index in [0.29, 0.717) is 5.56 Å². The maximum atomic E-state index is 11.6. The number of benzene rings is 1. The van der Waals surface area contributed by atoms with Crippen molar-refractivity contribution in [3.8, 4) is 0 Å². The summed E-state index contributed by atoms with van der Waals surface area (Å²) in [5.74, 6) is -1.60. The molecule has 1 N–H and O–H groups in total. The Balaban J connectivity index is 2.95. The Morgan fingerprint density at radius 3 is 2.44 bits per heavy atom. The molecular formula is C11H12ClNO3. The molecule has 5 heteroatoms. The van der Waals surface area contributed by atoms with E-state index in [1.165, 1.54) is 0 Å². The SMILES string of the molecule is CC(=O)N(O)C(=O)C(Cl)c1ccccc1C. The molecule has 0 spiro atoms. The van der Waals surface area contributed by atoms with E-state index < -0.39 is 17.2 Å². The molecule has 0 fully saturated rings. The molecule has 1 aromatic rings. The van der Waals surface area contributed by atoms with Crippen LogP contribution in [0, 0.1) is 6.92 Å². The highest BCUT2D eigenvalue weighted by Crippen LogP contribution is 2.25. The highest BCUT2D eigenvalue weighted by molar-refractivity contribution is 6.31. The van der Waals surface area contributed by atoms with Crippen LogP contribution >= 0.6 is 11.6 Å². The van der Waals surface area contributed by atoms with Crippen LogP contribution in [0.15, 0.2) is 24.3 Å². The molecule has 0 aliphatic heterocycles. The Morgan fingerprint density at radius 2 is 1.94 bits per heavy atom. The second-order valence-corrected chi connectivity index (χ2v) is 3.82. The fraction of sp³-hybridized carbons (Fsp3) is 0.273. The van der Waals surface area contributed by atoms with E-state index in [9.17, 15) is 9.59 Å². The number of halogens is 1. The van der Waals surface area contributed by atoms with Crippen LogP contribution in [-0.4, -0.2) is 22.1 Å². The van der Waals surface area contributed by atoms with Crippen LogP contribution in [0.4, 0.5) is 0 Å². The highest BCUT2D eigenvalue weighted by Gasteiger charge is 2.26. The van der Waals surface area contributed by atoms with E-state index >= 15 is 0 Å². The minimum atomic E-state index is -1.06. The molecule has 0 saturated carbocycles. The second-order valence-electron chi connectivity index (χ2n) is 3.39. The van der Waals surface area contributed by atoms with Crippen molar-refractivity contribution >= 4 is 23.4 Å². The van der Waals surface area contributed by atoms with Gasteiger partial charge in [0.25, 0.3) is 5.91 Å². The Bertz CT molecular complexity index is 419. The smallest absolute Gasteiger partial charge is 0.275 e. The average Bonchev–Trinajstić information content (AvgIpc) is 2.26. The molecule has 86 valence electrons. The van der Waals surface area contributed by atoms with Gasteiger partial charge in [-0.3, -0.25) is 14.8 Å². The summed E-state index contributed by atoms with van der Waals surface area (Å²) in [5, 5.41) is 8.14. The minimum absolute atomic E-state index is 0.0319. The number of alkyl halides is 1. The zero-order chi connectivity index (χ0) is 12.3. The van der Waals surface area contributed by atoms with Crippen LogP contribution in [0.3, 0.4) is 0 Å². The molecule has 1 unspecified atom stereocenters. The van der Waals surface area contributed by atoms with Gasteiger partial charge in [0.05, 0.1) is 0 Å². The van der Waals surface area contributed by atoms with Crippen molar-refractivity contribution in [3.05, 3.63) is 35.4 Å². The lowest BCUT2D eigenvalue weighted by Crippen LogP contribution is -2.34. The van der Waals surface area contributed by atoms with Crippen molar-refractivity contribution in [3.63, 3.8) is 0 Å². The fourth-order valence-corrected chi connectivity index (χ4v) is 1.60. The van der Waals surface area contributed by atoms with E-state index in [-0.39, 0.29) is 5.06 Å². The zero-order valence-corrected chi connectivity index (χ0v) is 9.73. The number of rotatable bonds is 2. The fourth-order valence-electron chi connectivity index (χ4n) is 1.27. The molecule has 0 saturated heterocycles. The summed E-state index contributed by atoms with van der Waals surface area (Å²) < 4.78 is 0. The molecule has 0 aliphatic rings. The van der Waals surface area contributed by atoms with Gasteiger partial charge in [0.15, 0.2) is 0 Å². The number of amides is 2. The highest BCUT2D eigenvalue weighted by atomic mass is 35.5. The maximum Gasteiger partial charge on any atom is 0.275 e. The third-order valence-corrected chi connectivity index (χ3v) is 2.61. The normalized spacial score (nSPS) is 12.0. The summed E-state index contributed by atoms with van der Waals surface area (Å²) in [4.78, 5) is 22.4. The van der Waals surface area contributed by atoms with Crippen LogP contribution in [0.1, 0.15) is 23.4 Å². The molecule has 0 aliphatic carbocycles. The van der Waals surface area contributed by atoms with Gasteiger partial charge in [-0.25, -0.2) is 0 Å². The predicted octanol–water partition coefficient (Wildman–Crippen LogP) is 2.04. The Hall–Kier alpha value is -1.39. The topological polar surface area (TPSA) is 57.6 Å². The Kier molecular flexibility index (Phi) is 4.04. The lowest BCUT2D eigenvalue weighted by atomic mass is 10.1. The molecule has 1 aromatic carbocycles. The lowest BCUT2D eigenvalue weighted by Gasteiger charge is -2.16. The van der Waals surface area contributed by atoms with Crippen LogP contribution in [0.2, 0.25) is 0 Å². The number of nitrogens with zero attached hydrogens (tertiary/aromatic N) is 1. The molecule has 1 atom stereocenters. The molecule has 2 amide bonds. The first-order valence-electron chi connectivity index (χ1n) is 4.68. The number of hydrogen-bond donors (Lipinski definition) is 1. The van der Waals surface area contributed by atoms with Crippen LogP contribution in [0.25, 0.3) is 0 Å². The summed E-state index contributed by atoms with van der Waals surface area (Å²) in [7, 11) is 0. The number of carbonyl (C=O) groups is 2. The number of hydroxylamine groups is 2. The van der Waals surface area contributed by atoms with Crippen LogP contribution in [0.5, 0.6) is 0 Å². The van der Waals surface area contributed by atoms with Crippen molar-refractivity contribution < 1.29 is 14.8 Å². The first kappa shape index (κ1) is 12.7. The van der Waals surface area contributed by atoms with Gasteiger partial charge in [-0.1, -0.05) is 24.3 Å². The van der Waals surface area contributed by atoms with Gasteiger partial charge < -0.3 is 0 Å². The quantitative estimate of drug-likeness (QED) is 0.490. The molecule has 0 aromatic heterocycles.